The van der Waals surface area contributed by atoms with Gasteiger partial charge < -0.3 is 4.57 Å². The summed E-state index contributed by atoms with van der Waals surface area (Å²) in [7, 11) is -1.03. The minimum Gasteiger partial charge on any atom is -0.317 e. The monoisotopic (exact) mass is 279 g/mol. The maximum Gasteiger partial charge on any atom is 0.0528 e. The van der Waals surface area contributed by atoms with E-state index in [0.29, 0.717) is 0 Å². The molecule has 0 fully saturated rings. The van der Waals surface area contributed by atoms with Gasteiger partial charge in [0.1, 0.15) is 0 Å². The quantitative estimate of drug-likeness (QED) is 0.591. The molecule has 1 heterocycles. The number of para-hydroxylation sites is 1. The molecule has 3 rings (SSSR count). The Morgan fingerprint density at radius 3 is 2.25 bits per heavy atom. The van der Waals surface area contributed by atoms with Crippen LogP contribution in [0, 0.1) is 0 Å². The number of benzene rings is 2. The summed E-state index contributed by atoms with van der Waals surface area (Å²) in [5.74, 6) is 0. The molecule has 2 heteroatoms. The first-order valence-corrected chi connectivity index (χ1v) is 10.9. The molecule has 0 aliphatic rings. The first-order chi connectivity index (χ1) is 9.53. The molecule has 0 aliphatic carbocycles. The van der Waals surface area contributed by atoms with Crippen molar-refractivity contribution in [3.05, 3.63) is 66.4 Å². The van der Waals surface area contributed by atoms with Crippen LogP contribution in [-0.4, -0.2) is 12.6 Å². The maximum atomic E-state index is 2.42. The van der Waals surface area contributed by atoms with Crippen molar-refractivity contribution in [3.8, 4) is 5.69 Å². The molecule has 0 radical (unpaired) electrons. The normalized spacial score (nSPS) is 11.9. The van der Waals surface area contributed by atoms with Crippen LogP contribution >= 0.6 is 0 Å². The fraction of sp³-hybridized carbons (Fsp3) is 0.222. The van der Waals surface area contributed by atoms with Gasteiger partial charge in [-0.2, -0.15) is 0 Å². The van der Waals surface area contributed by atoms with Crippen molar-refractivity contribution in [2.75, 3.05) is 0 Å². The van der Waals surface area contributed by atoms with E-state index in [0.717, 1.165) is 0 Å². The lowest BCUT2D eigenvalue weighted by molar-refractivity contribution is 1.12. The number of hydrogen-bond acceptors (Lipinski definition) is 0. The molecule has 1 nitrogen and oxygen atoms in total. The number of nitrogens with zero attached hydrogens (tertiary/aromatic N) is 1. The highest BCUT2D eigenvalue weighted by Crippen LogP contribution is 2.21. The molecular formula is C18H21NSi. The lowest BCUT2D eigenvalue weighted by Crippen LogP contribution is -2.23. The van der Waals surface area contributed by atoms with E-state index in [2.05, 4.69) is 85.0 Å². The van der Waals surface area contributed by atoms with Gasteiger partial charge in [0.05, 0.1) is 5.52 Å². The standard InChI is InChI=1S/C18H21NSi/c1-20(2,3)14-15-8-10-17(11-9-15)19-13-12-16-6-4-5-7-18(16)19/h4-13H,14H2,1-3H3. The maximum absolute atomic E-state index is 2.42. The summed E-state index contributed by atoms with van der Waals surface area (Å²) < 4.78 is 2.26. The molecule has 102 valence electrons. The van der Waals surface area contributed by atoms with Crippen molar-refractivity contribution in [1.82, 2.24) is 4.57 Å². The van der Waals surface area contributed by atoms with Gasteiger partial charge in [-0.1, -0.05) is 55.5 Å². The van der Waals surface area contributed by atoms with Crippen molar-refractivity contribution in [2.24, 2.45) is 0 Å². The van der Waals surface area contributed by atoms with Crippen LogP contribution in [0.2, 0.25) is 19.6 Å². The molecule has 0 atom stereocenters. The average molecular weight is 279 g/mol. The van der Waals surface area contributed by atoms with Crippen molar-refractivity contribution < 1.29 is 0 Å². The Hall–Kier alpha value is -1.80. The van der Waals surface area contributed by atoms with Crippen LogP contribution in [0.3, 0.4) is 0 Å². The van der Waals surface area contributed by atoms with Crippen LogP contribution < -0.4 is 0 Å². The topological polar surface area (TPSA) is 4.93 Å². The summed E-state index contributed by atoms with van der Waals surface area (Å²) in [6.07, 6.45) is 2.15. The summed E-state index contributed by atoms with van der Waals surface area (Å²) in [4.78, 5) is 0. The average Bonchev–Trinajstić information content (AvgIpc) is 2.82. The number of fused-ring (bicyclic) bond motifs is 1. The summed E-state index contributed by atoms with van der Waals surface area (Å²) in [5, 5.41) is 1.29. The molecule has 0 unspecified atom stereocenters. The van der Waals surface area contributed by atoms with Crippen LogP contribution in [0.1, 0.15) is 5.56 Å². The van der Waals surface area contributed by atoms with Crippen LogP contribution in [0.15, 0.2) is 60.8 Å². The summed E-state index contributed by atoms with van der Waals surface area (Å²) in [5.41, 5.74) is 3.97. The van der Waals surface area contributed by atoms with E-state index in [-0.39, 0.29) is 0 Å². The second-order valence-corrected chi connectivity index (χ2v) is 12.1. The number of aromatic nitrogens is 1. The highest BCUT2D eigenvalue weighted by atomic mass is 28.3. The van der Waals surface area contributed by atoms with Gasteiger partial charge in [0.25, 0.3) is 0 Å². The predicted octanol–water partition coefficient (Wildman–Crippen LogP) is 5.05. The van der Waals surface area contributed by atoms with Crippen molar-refractivity contribution >= 4 is 19.0 Å². The molecular weight excluding hydrogens is 258 g/mol. The molecule has 0 spiro atoms. The lowest BCUT2D eigenvalue weighted by Gasteiger charge is -2.16. The molecule has 2 aromatic carbocycles. The van der Waals surface area contributed by atoms with E-state index in [1.165, 1.54) is 28.2 Å². The molecule has 0 saturated carbocycles. The fourth-order valence-electron chi connectivity index (χ4n) is 2.69. The molecule has 0 aliphatic heterocycles. The largest absolute Gasteiger partial charge is 0.317 e. The van der Waals surface area contributed by atoms with Gasteiger partial charge in [0, 0.05) is 20.0 Å². The second kappa shape index (κ2) is 4.95. The molecule has 3 aromatic rings. The molecule has 0 N–H and O–H groups in total. The van der Waals surface area contributed by atoms with Crippen LogP contribution in [0.25, 0.3) is 16.6 Å². The van der Waals surface area contributed by atoms with Crippen molar-refractivity contribution in [2.45, 2.75) is 25.7 Å². The highest BCUT2D eigenvalue weighted by Gasteiger charge is 2.13. The minimum atomic E-state index is -1.03. The second-order valence-electron chi connectivity index (χ2n) is 6.65. The van der Waals surface area contributed by atoms with E-state index >= 15 is 0 Å². The third-order valence-electron chi connectivity index (χ3n) is 3.55. The Kier molecular flexibility index (Phi) is 3.26. The Morgan fingerprint density at radius 1 is 0.850 bits per heavy atom. The number of hydrogen-bond donors (Lipinski definition) is 0. The zero-order valence-corrected chi connectivity index (χ0v) is 13.4. The molecule has 20 heavy (non-hydrogen) atoms. The van der Waals surface area contributed by atoms with Gasteiger partial charge in [0.2, 0.25) is 0 Å². The van der Waals surface area contributed by atoms with Gasteiger partial charge in [-0.25, -0.2) is 0 Å². The van der Waals surface area contributed by atoms with Crippen LogP contribution in [0.5, 0.6) is 0 Å². The fourth-order valence-corrected chi connectivity index (χ4v) is 4.16. The van der Waals surface area contributed by atoms with E-state index in [9.17, 15) is 0 Å². The van der Waals surface area contributed by atoms with Crippen molar-refractivity contribution in [1.29, 1.82) is 0 Å². The van der Waals surface area contributed by atoms with E-state index in [1.54, 1.807) is 0 Å². The van der Waals surface area contributed by atoms with E-state index in [4.69, 9.17) is 0 Å². The molecule has 0 saturated heterocycles. The third-order valence-corrected chi connectivity index (χ3v) is 5.02. The Labute approximate surface area is 121 Å². The molecule has 0 amide bonds. The zero-order valence-electron chi connectivity index (χ0n) is 12.4. The lowest BCUT2D eigenvalue weighted by atomic mass is 10.2. The first-order valence-electron chi connectivity index (χ1n) is 7.18. The highest BCUT2D eigenvalue weighted by molar-refractivity contribution is 6.75. The molecule has 0 bridgehead atoms. The predicted molar refractivity (Wildman–Crippen MR) is 90.3 cm³/mol. The summed E-state index contributed by atoms with van der Waals surface area (Å²) in [6.45, 7) is 7.25. The van der Waals surface area contributed by atoms with Crippen LogP contribution in [0.4, 0.5) is 0 Å². The summed E-state index contributed by atoms with van der Waals surface area (Å²) in [6, 6.07) is 21.0. The Bertz CT molecular complexity index is 717. The van der Waals surface area contributed by atoms with Gasteiger partial charge in [0.15, 0.2) is 0 Å². The van der Waals surface area contributed by atoms with Crippen molar-refractivity contribution in [3.63, 3.8) is 0 Å². The summed E-state index contributed by atoms with van der Waals surface area (Å²) >= 11 is 0. The Balaban J connectivity index is 1.95. The van der Waals surface area contributed by atoms with Gasteiger partial charge >= 0.3 is 0 Å². The van der Waals surface area contributed by atoms with Gasteiger partial charge in [-0.3, -0.25) is 0 Å². The third kappa shape index (κ3) is 2.70. The van der Waals surface area contributed by atoms with E-state index in [1.807, 2.05) is 0 Å². The zero-order chi connectivity index (χ0) is 14.2. The van der Waals surface area contributed by atoms with E-state index < -0.39 is 8.07 Å². The Morgan fingerprint density at radius 2 is 1.55 bits per heavy atom. The first kappa shape index (κ1) is 13.2. The number of rotatable bonds is 3. The smallest absolute Gasteiger partial charge is 0.0528 e. The van der Waals surface area contributed by atoms with Crippen LogP contribution in [-0.2, 0) is 6.04 Å². The van der Waals surface area contributed by atoms with Gasteiger partial charge in [-0.15, -0.1) is 0 Å². The minimum absolute atomic E-state index is 1.03. The SMILES string of the molecule is C[Si](C)(C)Cc1ccc(-n2ccc3ccccc32)cc1. The van der Waals surface area contributed by atoms with Gasteiger partial charge in [-0.05, 0) is 35.7 Å². The molecule has 1 aromatic heterocycles.